The predicted octanol–water partition coefficient (Wildman–Crippen LogP) is 2.79. The Kier molecular flexibility index (Phi) is 2.20. The fraction of sp³-hybridized carbons (Fsp3) is 0.909. The first-order chi connectivity index (χ1) is 5.79. The standard InChI is InChI=1S/C11H18O/c1-8(12)10-7-11(10)9-5-3-2-4-6-9/h9-11H,2-7H2,1H3/t10-,11-/m1/s1. The molecule has 68 valence electrons. The van der Waals surface area contributed by atoms with E-state index in [1.54, 1.807) is 6.92 Å². The van der Waals surface area contributed by atoms with Crippen molar-refractivity contribution < 1.29 is 4.79 Å². The molecule has 1 heteroatoms. The van der Waals surface area contributed by atoms with Crippen molar-refractivity contribution in [1.29, 1.82) is 0 Å². The molecule has 0 aliphatic heterocycles. The largest absolute Gasteiger partial charge is 0.300 e. The van der Waals surface area contributed by atoms with Gasteiger partial charge in [0.1, 0.15) is 5.78 Å². The molecular weight excluding hydrogens is 148 g/mol. The molecule has 0 radical (unpaired) electrons. The van der Waals surface area contributed by atoms with E-state index in [1.807, 2.05) is 0 Å². The molecule has 0 spiro atoms. The number of Topliss-reactive ketones (excluding diaryl/α,β-unsaturated/α-hetero) is 1. The van der Waals surface area contributed by atoms with Gasteiger partial charge in [-0.25, -0.2) is 0 Å². The highest BCUT2D eigenvalue weighted by Crippen LogP contribution is 2.49. The van der Waals surface area contributed by atoms with Gasteiger partial charge in [0.05, 0.1) is 0 Å². The van der Waals surface area contributed by atoms with E-state index < -0.39 is 0 Å². The Morgan fingerprint density at radius 3 is 2.33 bits per heavy atom. The van der Waals surface area contributed by atoms with Crippen molar-refractivity contribution in [3.8, 4) is 0 Å². The van der Waals surface area contributed by atoms with Gasteiger partial charge in [-0.1, -0.05) is 32.1 Å². The van der Waals surface area contributed by atoms with E-state index >= 15 is 0 Å². The summed E-state index contributed by atoms with van der Waals surface area (Å²) in [5, 5.41) is 0. The zero-order chi connectivity index (χ0) is 8.55. The minimum absolute atomic E-state index is 0.436. The number of hydrogen-bond donors (Lipinski definition) is 0. The third-order valence-corrected chi connectivity index (χ3v) is 3.62. The number of ketones is 1. The summed E-state index contributed by atoms with van der Waals surface area (Å²) in [7, 11) is 0. The molecule has 2 atom stereocenters. The molecule has 0 aromatic rings. The molecule has 2 aliphatic carbocycles. The smallest absolute Gasteiger partial charge is 0.133 e. The van der Waals surface area contributed by atoms with Crippen molar-refractivity contribution in [2.45, 2.75) is 45.4 Å². The molecule has 2 rings (SSSR count). The average molecular weight is 166 g/mol. The minimum atomic E-state index is 0.436. The first-order valence-corrected chi connectivity index (χ1v) is 5.29. The number of carbonyl (C=O) groups is 1. The highest BCUT2D eigenvalue weighted by atomic mass is 16.1. The van der Waals surface area contributed by atoms with E-state index in [1.165, 1.54) is 38.5 Å². The maximum atomic E-state index is 11.1. The number of hydrogen-bond acceptors (Lipinski definition) is 1. The molecule has 0 bridgehead atoms. The number of carbonyl (C=O) groups excluding carboxylic acids is 1. The van der Waals surface area contributed by atoms with E-state index in [-0.39, 0.29) is 0 Å². The second-order valence-corrected chi connectivity index (χ2v) is 4.51. The lowest BCUT2D eigenvalue weighted by Crippen LogP contribution is -2.11. The van der Waals surface area contributed by atoms with E-state index in [2.05, 4.69) is 0 Å². The second kappa shape index (κ2) is 3.20. The van der Waals surface area contributed by atoms with E-state index in [9.17, 15) is 4.79 Å². The van der Waals surface area contributed by atoms with Crippen molar-refractivity contribution in [3.63, 3.8) is 0 Å². The Morgan fingerprint density at radius 2 is 1.83 bits per heavy atom. The van der Waals surface area contributed by atoms with Gasteiger partial charge in [0, 0.05) is 5.92 Å². The Bertz CT molecular complexity index is 179. The van der Waals surface area contributed by atoms with Gasteiger partial charge in [0.25, 0.3) is 0 Å². The summed E-state index contributed by atoms with van der Waals surface area (Å²) >= 11 is 0. The van der Waals surface area contributed by atoms with E-state index in [4.69, 9.17) is 0 Å². The zero-order valence-electron chi connectivity index (χ0n) is 7.88. The Balaban J connectivity index is 1.83. The maximum Gasteiger partial charge on any atom is 0.133 e. The van der Waals surface area contributed by atoms with Gasteiger partial charge in [0.2, 0.25) is 0 Å². The highest BCUT2D eigenvalue weighted by molar-refractivity contribution is 5.81. The second-order valence-electron chi connectivity index (χ2n) is 4.51. The summed E-state index contributed by atoms with van der Waals surface area (Å²) in [6.07, 6.45) is 8.24. The zero-order valence-corrected chi connectivity index (χ0v) is 7.88. The van der Waals surface area contributed by atoms with Gasteiger partial charge >= 0.3 is 0 Å². The molecule has 0 heterocycles. The van der Waals surface area contributed by atoms with Crippen LogP contribution in [0.25, 0.3) is 0 Å². The Morgan fingerprint density at radius 1 is 1.17 bits per heavy atom. The quantitative estimate of drug-likeness (QED) is 0.616. The SMILES string of the molecule is CC(=O)[C@H]1C[C@@H]1C1CCCCC1. The van der Waals surface area contributed by atoms with Crippen LogP contribution < -0.4 is 0 Å². The summed E-state index contributed by atoms with van der Waals surface area (Å²) < 4.78 is 0. The normalized spacial score (nSPS) is 36.4. The average Bonchev–Trinajstić information content (AvgIpc) is 2.84. The molecule has 0 aromatic carbocycles. The first-order valence-electron chi connectivity index (χ1n) is 5.29. The topological polar surface area (TPSA) is 17.1 Å². The van der Waals surface area contributed by atoms with Gasteiger partial charge in [-0.2, -0.15) is 0 Å². The molecule has 12 heavy (non-hydrogen) atoms. The van der Waals surface area contributed by atoms with Gasteiger partial charge in [-0.3, -0.25) is 4.79 Å². The van der Waals surface area contributed by atoms with Crippen molar-refractivity contribution in [2.75, 3.05) is 0 Å². The van der Waals surface area contributed by atoms with Crippen molar-refractivity contribution in [2.24, 2.45) is 17.8 Å². The van der Waals surface area contributed by atoms with Gasteiger partial charge in [-0.05, 0) is 25.2 Å². The fourth-order valence-electron chi connectivity index (χ4n) is 2.77. The van der Waals surface area contributed by atoms with Crippen LogP contribution in [-0.2, 0) is 4.79 Å². The van der Waals surface area contributed by atoms with Crippen molar-refractivity contribution in [3.05, 3.63) is 0 Å². The lowest BCUT2D eigenvalue weighted by molar-refractivity contribution is -0.118. The molecule has 0 aromatic heterocycles. The summed E-state index contributed by atoms with van der Waals surface area (Å²) in [6.45, 7) is 1.76. The summed E-state index contributed by atoms with van der Waals surface area (Å²) in [5.74, 6) is 2.61. The monoisotopic (exact) mass is 166 g/mol. The fourth-order valence-corrected chi connectivity index (χ4v) is 2.77. The van der Waals surface area contributed by atoms with Gasteiger partial charge < -0.3 is 0 Å². The van der Waals surface area contributed by atoms with Crippen LogP contribution in [0.15, 0.2) is 0 Å². The third-order valence-electron chi connectivity index (χ3n) is 3.62. The molecule has 0 saturated heterocycles. The predicted molar refractivity (Wildman–Crippen MR) is 48.9 cm³/mol. The van der Waals surface area contributed by atoms with Crippen LogP contribution in [0.3, 0.4) is 0 Å². The first kappa shape index (κ1) is 8.28. The van der Waals surface area contributed by atoms with Gasteiger partial charge in [0.15, 0.2) is 0 Å². The van der Waals surface area contributed by atoms with Crippen LogP contribution in [0.2, 0.25) is 0 Å². The molecule has 2 fully saturated rings. The van der Waals surface area contributed by atoms with Crippen molar-refractivity contribution >= 4 is 5.78 Å². The van der Waals surface area contributed by atoms with Crippen LogP contribution in [0.5, 0.6) is 0 Å². The molecule has 2 aliphatic rings. The summed E-state index contributed by atoms with van der Waals surface area (Å²) in [5.41, 5.74) is 0. The number of rotatable bonds is 2. The molecule has 0 N–H and O–H groups in total. The van der Waals surface area contributed by atoms with Crippen LogP contribution in [0.1, 0.15) is 45.4 Å². The molecule has 0 unspecified atom stereocenters. The lowest BCUT2D eigenvalue weighted by atomic mass is 9.85. The molecule has 1 nitrogen and oxygen atoms in total. The Hall–Kier alpha value is -0.330. The highest BCUT2D eigenvalue weighted by Gasteiger charge is 2.45. The summed E-state index contributed by atoms with van der Waals surface area (Å²) in [6, 6.07) is 0. The van der Waals surface area contributed by atoms with Gasteiger partial charge in [-0.15, -0.1) is 0 Å². The van der Waals surface area contributed by atoms with Crippen LogP contribution in [0, 0.1) is 17.8 Å². The van der Waals surface area contributed by atoms with Crippen LogP contribution in [-0.4, -0.2) is 5.78 Å². The summed E-state index contributed by atoms with van der Waals surface area (Å²) in [4.78, 5) is 11.1. The molecule has 0 amide bonds. The van der Waals surface area contributed by atoms with E-state index in [0.29, 0.717) is 11.7 Å². The Labute approximate surface area is 74.5 Å². The third kappa shape index (κ3) is 1.55. The van der Waals surface area contributed by atoms with Crippen molar-refractivity contribution in [1.82, 2.24) is 0 Å². The lowest BCUT2D eigenvalue weighted by Gasteiger charge is -2.21. The van der Waals surface area contributed by atoms with Crippen LogP contribution >= 0.6 is 0 Å². The maximum absolute atomic E-state index is 11.1. The van der Waals surface area contributed by atoms with E-state index in [0.717, 1.165) is 11.8 Å². The molecular formula is C11H18O. The van der Waals surface area contributed by atoms with Crippen LogP contribution in [0.4, 0.5) is 0 Å². The molecule has 2 saturated carbocycles. The minimum Gasteiger partial charge on any atom is -0.300 e.